The Kier molecular flexibility index (Phi) is 5.08. The molecule has 0 radical (unpaired) electrons. The molecule has 0 amide bonds. The van der Waals surface area contributed by atoms with Crippen LogP contribution in [0, 0.1) is 4.91 Å². The van der Waals surface area contributed by atoms with Gasteiger partial charge in [-0.25, -0.2) is 4.99 Å². The molecule has 0 aromatic carbocycles. The van der Waals surface area contributed by atoms with E-state index in [4.69, 9.17) is 9.47 Å². The van der Waals surface area contributed by atoms with Crippen LogP contribution in [0.1, 0.15) is 0 Å². The van der Waals surface area contributed by atoms with Gasteiger partial charge < -0.3 is 14.4 Å². The Morgan fingerprint density at radius 3 is 2.65 bits per heavy atom. The molecule has 0 N–H and O–H groups in total. The third-order valence-electron chi connectivity index (χ3n) is 2.90. The van der Waals surface area contributed by atoms with Crippen molar-refractivity contribution in [1.29, 1.82) is 0 Å². The molecule has 8 nitrogen and oxygen atoms in total. The van der Waals surface area contributed by atoms with Crippen molar-refractivity contribution in [1.82, 2.24) is 4.90 Å². The number of hydrogen-bond acceptors (Lipinski definition) is 6. The van der Waals surface area contributed by atoms with Crippen LogP contribution in [0.2, 0.25) is 0 Å². The summed E-state index contributed by atoms with van der Waals surface area (Å²) in [5, 5.41) is 3.97. The van der Waals surface area contributed by atoms with Crippen molar-refractivity contribution >= 4 is 18.0 Å². The lowest BCUT2D eigenvalue weighted by molar-refractivity contribution is -0.566. The van der Waals surface area contributed by atoms with Crippen molar-refractivity contribution < 1.29 is 14.3 Å². The SMILES string of the molecule is COCCN(CCOC)C1=N[N+](=O)C2C=CC=NC2=N1. The number of dihydropyridines is 1. The topological polar surface area (TPSA) is 78.9 Å². The van der Waals surface area contributed by atoms with E-state index in [-0.39, 0.29) is 0 Å². The second-order valence-corrected chi connectivity index (χ2v) is 4.25. The lowest BCUT2D eigenvalue weighted by Crippen LogP contribution is -2.42. The maximum atomic E-state index is 11.9. The summed E-state index contributed by atoms with van der Waals surface area (Å²) in [5.41, 5.74) is 0. The van der Waals surface area contributed by atoms with Crippen LogP contribution in [-0.2, 0) is 9.47 Å². The molecule has 0 saturated carbocycles. The molecule has 2 heterocycles. The number of guanidine groups is 1. The van der Waals surface area contributed by atoms with Crippen LogP contribution in [0.4, 0.5) is 0 Å². The summed E-state index contributed by atoms with van der Waals surface area (Å²) in [5.74, 6) is 0.792. The quantitative estimate of drug-likeness (QED) is 0.644. The first kappa shape index (κ1) is 14.5. The minimum Gasteiger partial charge on any atom is -0.383 e. The Hall–Kier alpha value is -1.93. The van der Waals surface area contributed by atoms with Gasteiger partial charge in [-0.1, -0.05) is 0 Å². The maximum Gasteiger partial charge on any atom is 0.314 e. The average Bonchev–Trinajstić information content (AvgIpc) is 2.47. The molecular weight excluding hydrogens is 262 g/mol. The van der Waals surface area contributed by atoms with Crippen LogP contribution >= 0.6 is 0 Å². The number of rotatable bonds is 6. The van der Waals surface area contributed by atoms with E-state index in [0.717, 1.165) is 0 Å². The van der Waals surface area contributed by atoms with Crippen molar-refractivity contribution in [2.24, 2.45) is 15.1 Å². The number of fused-ring (bicyclic) bond motifs is 1. The number of aliphatic imine (C=N–C) groups is 2. The lowest BCUT2D eigenvalue weighted by Gasteiger charge is -2.23. The Morgan fingerprint density at radius 2 is 2.00 bits per heavy atom. The molecule has 1 atom stereocenters. The predicted octanol–water partition coefficient (Wildman–Crippen LogP) is 0.0524. The van der Waals surface area contributed by atoms with Gasteiger partial charge in [-0.2, -0.15) is 4.99 Å². The summed E-state index contributed by atoms with van der Waals surface area (Å²) in [6.07, 6.45) is 5.04. The van der Waals surface area contributed by atoms with Crippen molar-refractivity contribution in [3.8, 4) is 0 Å². The molecule has 0 aromatic rings. The zero-order chi connectivity index (χ0) is 14.4. The fourth-order valence-corrected chi connectivity index (χ4v) is 1.83. The molecular formula is C12H18N5O3+. The predicted molar refractivity (Wildman–Crippen MR) is 75.2 cm³/mol. The van der Waals surface area contributed by atoms with E-state index in [1.165, 1.54) is 0 Å². The van der Waals surface area contributed by atoms with Crippen LogP contribution in [0.15, 0.2) is 27.2 Å². The van der Waals surface area contributed by atoms with E-state index >= 15 is 0 Å². The molecule has 0 aliphatic carbocycles. The van der Waals surface area contributed by atoms with Gasteiger partial charge in [-0.15, -0.1) is 0 Å². The molecule has 0 fully saturated rings. The number of hydrazone groups is 1. The summed E-state index contributed by atoms with van der Waals surface area (Å²) >= 11 is 0. The van der Waals surface area contributed by atoms with E-state index in [9.17, 15) is 4.91 Å². The average molecular weight is 280 g/mol. The lowest BCUT2D eigenvalue weighted by atomic mass is 10.2. The largest absolute Gasteiger partial charge is 0.383 e. The van der Waals surface area contributed by atoms with E-state index < -0.39 is 6.04 Å². The van der Waals surface area contributed by atoms with Gasteiger partial charge in [0.15, 0.2) is 4.87 Å². The Balaban J connectivity index is 2.15. The van der Waals surface area contributed by atoms with Crippen molar-refractivity contribution in [2.75, 3.05) is 40.5 Å². The van der Waals surface area contributed by atoms with Crippen LogP contribution in [0.3, 0.4) is 0 Å². The molecule has 2 aliphatic heterocycles. The summed E-state index contributed by atoms with van der Waals surface area (Å²) < 4.78 is 10.1. The highest BCUT2D eigenvalue weighted by atomic mass is 16.5. The standard InChI is InChI=1S/C12H18N5O3/c1-19-8-6-16(7-9-20-2)12-14-11-10(17(18)15-12)4-3-5-13-11/h3-5,10H,6-9H2,1-2H3/q+1. The number of amidine groups is 1. The third kappa shape index (κ3) is 3.34. The first-order valence-corrected chi connectivity index (χ1v) is 6.33. The van der Waals surface area contributed by atoms with Gasteiger partial charge in [0.2, 0.25) is 5.84 Å². The minimum atomic E-state index is -0.532. The molecule has 108 valence electrons. The summed E-state index contributed by atoms with van der Waals surface area (Å²) in [6, 6.07) is -0.532. The second-order valence-electron chi connectivity index (χ2n) is 4.25. The Labute approximate surface area is 117 Å². The van der Waals surface area contributed by atoms with Crippen LogP contribution in [-0.4, -0.2) is 74.3 Å². The van der Waals surface area contributed by atoms with Gasteiger partial charge in [0, 0.05) is 39.6 Å². The van der Waals surface area contributed by atoms with Crippen LogP contribution in [0.5, 0.6) is 0 Å². The number of methoxy groups -OCH3 is 2. The molecule has 0 bridgehead atoms. The highest BCUT2D eigenvalue weighted by Gasteiger charge is 2.37. The molecule has 8 heteroatoms. The normalized spacial score (nSPS) is 20.5. The van der Waals surface area contributed by atoms with Crippen LogP contribution < -0.4 is 0 Å². The zero-order valence-corrected chi connectivity index (χ0v) is 11.6. The maximum absolute atomic E-state index is 11.9. The molecule has 2 rings (SSSR count). The smallest absolute Gasteiger partial charge is 0.314 e. The number of nitrogens with zero attached hydrogens (tertiary/aromatic N) is 5. The van der Waals surface area contributed by atoms with E-state index in [2.05, 4.69) is 15.1 Å². The number of ether oxygens (including phenoxy) is 2. The van der Waals surface area contributed by atoms with Gasteiger partial charge in [-0.05, 0) is 6.08 Å². The second kappa shape index (κ2) is 7.01. The Morgan fingerprint density at radius 1 is 1.30 bits per heavy atom. The molecule has 1 unspecified atom stereocenters. The fourth-order valence-electron chi connectivity index (χ4n) is 1.83. The van der Waals surface area contributed by atoms with Gasteiger partial charge in [0.25, 0.3) is 5.96 Å². The molecule has 0 spiro atoms. The van der Waals surface area contributed by atoms with Gasteiger partial charge in [-0.3, -0.25) is 0 Å². The van der Waals surface area contributed by atoms with Crippen molar-refractivity contribution in [2.45, 2.75) is 6.04 Å². The van der Waals surface area contributed by atoms with Crippen LogP contribution in [0.25, 0.3) is 0 Å². The van der Waals surface area contributed by atoms with E-state index in [0.29, 0.717) is 43.0 Å². The van der Waals surface area contributed by atoms with E-state index in [1.54, 1.807) is 32.6 Å². The summed E-state index contributed by atoms with van der Waals surface area (Å²) in [6.45, 7) is 2.18. The molecule has 2 aliphatic rings. The molecule has 0 saturated heterocycles. The van der Waals surface area contributed by atoms with Crippen molar-refractivity contribution in [3.05, 3.63) is 17.1 Å². The number of hydrogen-bond donors (Lipinski definition) is 0. The van der Waals surface area contributed by atoms with Gasteiger partial charge in [0.1, 0.15) is 0 Å². The number of allylic oxidation sites excluding steroid dienone is 1. The summed E-state index contributed by atoms with van der Waals surface area (Å²) in [4.78, 5) is 22.9. The van der Waals surface area contributed by atoms with Gasteiger partial charge in [0.05, 0.1) is 23.2 Å². The van der Waals surface area contributed by atoms with Gasteiger partial charge >= 0.3 is 6.04 Å². The third-order valence-corrected chi connectivity index (χ3v) is 2.90. The first-order chi connectivity index (χ1) is 9.76. The van der Waals surface area contributed by atoms with E-state index in [1.807, 2.05) is 4.90 Å². The number of nitroso groups, excluding NO2 is 1. The fraction of sp³-hybridized carbons (Fsp3) is 0.583. The molecule has 20 heavy (non-hydrogen) atoms. The highest BCUT2D eigenvalue weighted by molar-refractivity contribution is 6.05. The monoisotopic (exact) mass is 280 g/mol. The minimum absolute atomic E-state index is 0.341. The van der Waals surface area contributed by atoms with Crippen molar-refractivity contribution in [3.63, 3.8) is 0 Å². The highest BCUT2D eigenvalue weighted by Crippen LogP contribution is 2.11. The zero-order valence-electron chi connectivity index (χ0n) is 11.6. The Bertz CT molecular complexity index is 475. The molecule has 0 aromatic heterocycles. The first-order valence-electron chi connectivity index (χ1n) is 6.33. The summed E-state index contributed by atoms with van der Waals surface area (Å²) in [7, 11) is 3.24.